The van der Waals surface area contributed by atoms with Crippen LogP contribution in [0.1, 0.15) is 55.3 Å². The second-order valence-electron chi connectivity index (χ2n) is 11.2. The van der Waals surface area contributed by atoms with E-state index >= 15 is 4.39 Å². The van der Waals surface area contributed by atoms with Crippen molar-refractivity contribution in [2.45, 2.75) is 51.0 Å². The summed E-state index contributed by atoms with van der Waals surface area (Å²) in [5.74, 6) is -1.04. The highest BCUT2D eigenvalue weighted by atomic mass is 35.5. The molecule has 2 aliphatic heterocycles. The van der Waals surface area contributed by atoms with E-state index in [1.807, 2.05) is 16.3 Å². The fraction of sp³-hybridized carbons (Fsp3) is 0.500. The molecule has 4 heterocycles. The Kier molecular flexibility index (Phi) is 9.22. The number of rotatable bonds is 6. The average molecular weight is 648 g/mol. The van der Waals surface area contributed by atoms with Gasteiger partial charge in [0.15, 0.2) is 5.13 Å². The van der Waals surface area contributed by atoms with Crippen LogP contribution in [0.4, 0.5) is 20.2 Å². The molecule has 3 fully saturated rings. The van der Waals surface area contributed by atoms with Gasteiger partial charge in [0.1, 0.15) is 16.5 Å². The minimum Gasteiger partial charge on any atom is -0.368 e. The van der Waals surface area contributed by atoms with Crippen LogP contribution in [0.5, 0.6) is 0 Å². The van der Waals surface area contributed by atoms with Crippen molar-refractivity contribution in [1.29, 1.82) is 5.26 Å². The molecule has 222 valence electrons. The number of thiazole rings is 1. The lowest BCUT2D eigenvalue weighted by atomic mass is 9.94. The number of benzene rings is 1. The second kappa shape index (κ2) is 13.1. The summed E-state index contributed by atoms with van der Waals surface area (Å²) in [6.45, 7) is 4.90. The van der Waals surface area contributed by atoms with Crippen molar-refractivity contribution in [3.05, 3.63) is 45.0 Å². The van der Waals surface area contributed by atoms with E-state index in [-0.39, 0.29) is 22.2 Å². The zero-order valence-corrected chi connectivity index (χ0v) is 26.4. The molecule has 0 unspecified atom stereocenters. The number of hydrogen-bond donors (Lipinski definition) is 1. The monoisotopic (exact) mass is 646 g/mol. The molecule has 1 amide bonds. The standard InChI is InChI=1S/C30H33Cl2FN6OS2/c31-21-16-25(41-18-21)26-29(39-12-10-37(11-13-39)22-4-2-1-3-5-22)42-30(35-26)36-28(40)20-14-23(32)27(24(33)15-20)38-8-6-19(17-34)7-9-38/h14-16,18-19,22H,1-13H2,(H,35,36,40). The average Bonchev–Trinajstić information content (AvgIpc) is 3.63. The molecule has 1 aromatic carbocycles. The van der Waals surface area contributed by atoms with Crippen LogP contribution in [0.2, 0.25) is 10.0 Å². The summed E-state index contributed by atoms with van der Waals surface area (Å²) in [5.41, 5.74) is 1.22. The highest BCUT2D eigenvalue weighted by Gasteiger charge is 2.29. The molecule has 1 saturated carbocycles. The van der Waals surface area contributed by atoms with Crippen LogP contribution in [0.25, 0.3) is 10.6 Å². The summed E-state index contributed by atoms with van der Waals surface area (Å²) in [4.78, 5) is 25.9. The number of amides is 1. The fourth-order valence-corrected chi connectivity index (χ4v) is 8.80. The van der Waals surface area contributed by atoms with E-state index in [1.54, 1.807) is 0 Å². The van der Waals surface area contributed by atoms with Crippen LogP contribution >= 0.6 is 45.9 Å². The van der Waals surface area contributed by atoms with Crippen molar-refractivity contribution in [1.82, 2.24) is 9.88 Å². The van der Waals surface area contributed by atoms with Crippen LogP contribution < -0.4 is 15.1 Å². The maximum absolute atomic E-state index is 15.3. The summed E-state index contributed by atoms with van der Waals surface area (Å²) in [7, 11) is 0. The number of piperidine rings is 1. The molecule has 3 aliphatic rings. The Labute approximate surface area is 263 Å². The Balaban J connectivity index is 1.19. The van der Waals surface area contributed by atoms with Crippen molar-refractivity contribution >= 4 is 67.6 Å². The maximum atomic E-state index is 15.3. The minimum atomic E-state index is -0.548. The minimum absolute atomic E-state index is 0.0211. The quantitative estimate of drug-likeness (QED) is 0.295. The lowest BCUT2D eigenvalue weighted by Crippen LogP contribution is -2.50. The Morgan fingerprint density at radius 1 is 1.00 bits per heavy atom. The van der Waals surface area contributed by atoms with E-state index in [2.05, 4.69) is 21.2 Å². The van der Waals surface area contributed by atoms with E-state index in [0.717, 1.165) is 41.8 Å². The number of carbonyl (C=O) groups excluding carboxylic acids is 1. The van der Waals surface area contributed by atoms with Crippen molar-refractivity contribution < 1.29 is 9.18 Å². The summed E-state index contributed by atoms with van der Waals surface area (Å²) < 4.78 is 15.3. The molecular weight excluding hydrogens is 614 g/mol. The van der Waals surface area contributed by atoms with Gasteiger partial charge in [-0.3, -0.25) is 15.0 Å². The summed E-state index contributed by atoms with van der Waals surface area (Å²) in [5, 5.41) is 16.2. The van der Waals surface area contributed by atoms with Gasteiger partial charge in [-0.15, -0.1) is 11.3 Å². The van der Waals surface area contributed by atoms with Gasteiger partial charge >= 0.3 is 0 Å². The highest BCUT2D eigenvalue weighted by molar-refractivity contribution is 7.21. The molecule has 0 bridgehead atoms. The number of piperazine rings is 1. The van der Waals surface area contributed by atoms with Crippen LogP contribution in [0, 0.1) is 23.1 Å². The molecule has 3 aromatic rings. The van der Waals surface area contributed by atoms with Gasteiger partial charge in [-0.25, -0.2) is 9.37 Å². The maximum Gasteiger partial charge on any atom is 0.257 e. The van der Waals surface area contributed by atoms with Gasteiger partial charge in [0.2, 0.25) is 0 Å². The third-order valence-electron chi connectivity index (χ3n) is 8.60. The normalized spacial score (nSPS) is 19.2. The van der Waals surface area contributed by atoms with Crippen LogP contribution in [0.3, 0.4) is 0 Å². The molecule has 2 aromatic heterocycles. The van der Waals surface area contributed by atoms with Crippen LogP contribution in [-0.2, 0) is 0 Å². The van der Waals surface area contributed by atoms with Crippen LogP contribution in [-0.4, -0.2) is 61.1 Å². The number of halogens is 3. The molecule has 6 rings (SSSR count). The lowest BCUT2D eigenvalue weighted by molar-refractivity contribution is 0.102. The third kappa shape index (κ3) is 6.41. The van der Waals surface area contributed by atoms with Gasteiger partial charge in [0.05, 0.1) is 26.7 Å². The molecule has 42 heavy (non-hydrogen) atoms. The number of nitrogens with zero attached hydrogens (tertiary/aromatic N) is 5. The Morgan fingerprint density at radius 2 is 1.74 bits per heavy atom. The number of carbonyl (C=O) groups is 1. The van der Waals surface area contributed by atoms with E-state index in [0.29, 0.717) is 42.1 Å². The predicted octanol–water partition coefficient (Wildman–Crippen LogP) is 7.76. The first-order valence-electron chi connectivity index (χ1n) is 14.6. The zero-order chi connectivity index (χ0) is 29.2. The SMILES string of the molecule is N#CC1CCN(c2c(F)cc(C(=O)Nc3nc(-c4cc(Cl)cs4)c(N4CCN(C5CCCCC5)CC4)s3)cc2Cl)CC1. The van der Waals surface area contributed by atoms with Gasteiger partial charge < -0.3 is 9.80 Å². The highest BCUT2D eigenvalue weighted by Crippen LogP contribution is 2.43. The third-order valence-corrected chi connectivity index (χ3v) is 11.2. The first-order valence-corrected chi connectivity index (χ1v) is 17.0. The van der Waals surface area contributed by atoms with Gasteiger partial charge in [-0.2, -0.15) is 5.26 Å². The van der Waals surface area contributed by atoms with E-state index in [9.17, 15) is 4.79 Å². The molecule has 1 aliphatic carbocycles. The van der Waals surface area contributed by atoms with Crippen molar-refractivity contribution in [3.8, 4) is 16.6 Å². The molecule has 12 heteroatoms. The Bertz CT molecular complexity index is 1440. The number of anilines is 3. The Morgan fingerprint density at radius 3 is 2.38 bits per heavy atom. The Hall–Kier alpha value is -2.42. The lowest BCUT2D eigenvalue weighted by Gasteiger charge is -2.41. The molecule has 0 radical (unpaired) electrons. The first-order chi connectivity index (χ1) is 20.4. The topological polar surface area (TPSA) is 75.5 Å². The number of thiophene rings is 1. The molecule has 0 spiro atoms. The number of aromatic nitrogens is 1. The van der Waals surface area contributed by atoms with E-state index in [1.165, 1.54) is 66.9 Å². The predicted molar refractivity (Wildman–Crippen MR) is 171 cm³/mol. The molecule has 2 saturated heterocycles. The first kappa shape index (κ1) is 29.6. The van der Waals surface area contributed by atoms with Gasteiger partial charge in [0.25, 0.3) is 5.91 Å². The largest absolute Gasteiger partial charge is 0.368 e. The van der Waals surface area contributed by atoms with Crippen molar-refractivity contribution in [2.24, 2.45) is 5.92 Å². The molecule has 0 atom stereocenters. The van der Waals surface area contributed by atoms with Gasteiger partial charge in [0, 0.05) is 62.2 Å². The number of nitriles is 1. The molecular formula is C30H33Cl2FN6OS2. The fourth-order valence-electron chi connectivity index (χ4n) is 6.31. The second-order valence-corrected chi connectivity index (χ2v) is 14.0. The smallest absolute Gasteiger partial charge is 0.257 e. The van der Waals surface area contributed by atoms with E-state index < -0.39 is 11.7 Å². The van der Waals surface area contributed by atoms with Crippen LogP contribution in [0.15, 0.2) is 23.6 Å². The zero-order valence-electron chi connectivity index (χ0n) is 23.3. The summed E-state index contributed by atoms with van der Waals surface area (Å²) in [6, 6.07) is 7.61. The number of nitrogens with one attached hydrogen (secondary N) is 1. The number of hydrogen-bond acceptors (Lipinski definition) is 8. The van der Waals surface area contributed by atoms with Gasteiger partial charge in [-0.05, 0) is 43.9 Å². The summed E-state index contributed by atoms with van der Waals surface area (Å²) in [6.07, 6.45) is 7.91. The van der Waals surface area contributed by atoms with E-state index in [4.69, 9.17) is 33.4 Å². The summed E-state index contributed by atoms with van der Waals surface area (Å²) >= 11 is 15.7. The molecule has 7 nitrogen and oxygen atoms in total. The molecule has 1 N–H and O–H groups in total. The van der Waals surface area contributed by atoms with Crippen molar-refractivity contribution in [2.75, 3.05) is 54.4 Å². The van der Waals surface area contributed by atoms with Gasteiger partial charge in [-0.1, -0.05) is 53.8 Å². The van der Waals surface area contributed by atoms with Crippen molar-refractivity contribution in [3.63, 3.8) is 0 Å².